The van der Waals surface area contributed by atoms with Crippen LogP contribution in [0.25, 0.3) is 0 Å². The summed E-state index contributed by atoms with van der Waals surface area (Å²) in [5.74, 6) is -0.110. The third-order valence-corrected chi connectivity index (χ3v) is 5.24. The summed E-state index contributed by atoms with van der Waals surface area (Å²) < 4.78 is 5.74. The molecular formula is C17H26N4O3S. The molecule has 0 bridgehead atoms. The number of anilines is 1. The maximum atomic E-state index is 12.1. The highest BCUT2D eigenvalue weighted by Crippen LogP contribution is 2.19. The maximum Gasteiger partial charge on any atom is 0.245 e. The highest BCUT2D eigenvalue weighted by molar-refractivity contribution is 7.13. The number of hydrogen-bond acceptors (Lipinski definition) is 6. The third-order valence-electron chi connectivity index (χ3n) is 4.43. The van der Waals surface area contributed by atoms with Gasteiger partial charge in [0.25, 0.3) is 0 Å². The molecule has 138 valence electrons. The normalized spacial score (nSPS) is 25.2. The molecule has 25 heavy (non-hydrogen) atoms. The molecule has 2 aliphatic rings. The van der Waals surface area contributed by atoms with Gasteiger partial charge in [-0.05, 0) is 26.7 Å². The van der Waals surface area contributed by atoms with Crippen LogP contribution in [-0.4, -0.2) is 65.0 Å². The number of morpholine rings is 1. The van der Waals surface area contributed by atoms with Crippen LogP contribution in [0.5, 0.6) is 0 Å². The van der Waals surface area contributed by atoms with Gasteiger partial charge in [-0.3, -0.25) is 14.5 Å². The number of nitrogens with zero attached hydrogens (tertiary/aromatic N) is 3. The van der Waals surface area contributed by atoms with Crippen LogP contribution in [0.2, 0.25) is 0 Å². The van der Waals surface area contributed by atoms with Crippen LogP contribution in [-0.2, 0) is 20.9 Å². The predicted octanol–water partition coefficient (Wildman–Crippen LogP) is 1.70. The van der Waals surface area contributed by atoms with Crippen molar-refractivity contribution in [2.45, 2.75) is 51.9 Å². The second-order valence-corrected chi connectivity index (χ2v) is 7.77. The summed E-state index contributed by atoms with van der Waals surface area (Å²) in [5.41, 5.74) is 0.954. The molecule has 1 N–H and O–H groups in total. The van der Waals surface area contributed by atoms with Crippen molar-refractivity contribution in [1.29, 1.82) is 0 Å². The number of piperidine rings is 1. The minimum atomic E-state index is -0.176. The van der Waals surface area contributed by atoms with Crippen LogP contribution in [0.1, 0.15) is 38.8 Å². The van der Waals surface area contributed by atoms with Gasteiger partial charge in [0.2, 0.25) is 11.8 Å². The fourth-order valence-electron chi connectivity index (χ4n) is 3.44. The Morgan fingerprint density at radius 2 is 2.12 bits per heavy atom. The Morgan fingerprint density at radius 3 is 2.84 bits per heavy atom. The number of amides is 2. The van der Waals surface area contributed by atoms with E-state index in [0.717, 1.165) is 38.2 Å². The molecule has 0 spiro atoms. The first kappa shape index (κ1) is 18.3. The summed E-state index contributed by atoms with van der Waals surface area (Å²) in [6.07, 6.45) is 2.89. The maximum absolute atomic E-state index is 12.1. The summed E-state index contributed by atoms with van der Waals surface area (Å²) in [5, 5.41) is 5.39. The summed E-state index contributed by atoms with van der Waals surface area (Å²) in [6.45, 7) is 7.49. The van der Waals surface area contributed by atoms with E-state index in [-0.39, 0.29) is 30.6 Å². The van der Waals surface area contributed by atoms with E-state index in [1.165, 1.54) is 11.3 Å². The lowest BCUT2D eigenvalue weighted by molar-refractivity contribution is -0.136. The lowest BCUT2D eigenvalue weighted by atomic mass is 10.1. The SMILES string of the molecule is CC1CN(Cc2csc(NC(=O)CN3CCCCC3=O)n2)CC(C)O1. The van der Waals surface area contributed by atoms with Crippen LogP contribution in [0.4, 0.5) is 5.13 Å². The molecule has 2 amide bonds. The van der Waals surface area contributed by atoms with Crippen molar-refractivity contribution in [3.63, 3.8) is 0 Å². The van der Waals surface area contributed by atoms with Gasteiger partial charge in [-0.1, -0.05) is 0 Å². The van der Waals surface area contributed by atoms with Gasteiger partial charge in [0.1, 0.15) is 0 Å². The standard InChI is InChI=1S/C17H26N4O3S/c1-12-7-20(8-13(2)24-12)9-14-11-25-17(18-14)19-15(22)10-21-6-4-3-5-16(21)23/h11-13H,3-10H2,1-2H3,(H,18,19,22). The monoisotopic (exact) mass is 366 g/mol. The van der Waals surface area contributed by atoms with E-state index in [4.69, 9.17) is 4.74 Å². The van der Waals surface area contributed by atoms with Gasteiger partial charge in [-0.15, -0.1) is 11.3 Å². The molecule has 2 fully saturated rings. The van der Waals surface area contributed by atoms with Gasteiger partial charge in [-0.25, -0.2) is 4.98 Å². The second kappa shape index (κ2) is 8.25. The number of aromatic nitrogens is 1. The Hall–Kier alpha value is -1.51. The summed E-state index contributed by atoms with van der Waals surface area (Å²) >= 11 is 1.43. The fourth-order valence-corrected chi connectivity index (χ4v) is 4.16. The molecule has 2 unspecified atom stereocenters. The molecular weight excluding hydrogens is 340 g/mol. The van der Waals surface area contributed by atoms with Gasteiger partial charge in [-0.2, -0.15) is 0 Å². The summed E-state index contributed by atoms with van der Waals surface area (Å²) in [7, 11) is 0. The molecule has 1 aromatic rings. The average molecular weight is 366 g/mol. The van der Waals surface area contributed by atoms with Crippen molar-refractivity contribution >= 4 is 28.3 Å². The van der Waals surface area contributed by atoms with E-state index in [1.807, 2.05) is 5.38 Å². The number of ether oxygens (including phenoxy) is 1. The minimum absolute atomic E-state index is 0.0665. The largest absolute Gasteiger partial charge is 0.373 e. The Morgan fingerprint density at radius 1 is 1.36 bits per heavy atom. The number of thiazole rings is 1. The van der Waals surface area contributed by atoms with E-state index >= 15 is 0 Å². The zero-order valence-electron chi connectivity index (χ0n) is 14.9. The first-order valence-corrected chi connectivity index (χ1v) is 9.77. The first-order chi connectivity index (χ1) is 12.0. The Bertz CT molecular complexity index is 611. The number of nitrogens with one attached hydrogen (secondary N) is 1. The molecule has 2 atom stereocenters. The number of rotatable bonds is 5. The van der Waals surface area contributed by atoms with E-state index in [9.17, 15) is 9.59 Å². The molecule has 2 saturated heterocycles. The van der Waals surface area contributed by atoms with Gasteiger partial charge in [0, 0.05) is 38.0 Å². The predicted molar refractivity (Wildman–Crippen MR) is 96.5 cm³/mol. The van der Waals surface area contributed by atoms with Gasteiger partial charge in [0.15, 0.2) is 5.13 Å². The summed E-state index contributed by atoms with van der Waals surface area (Å²) in [4.78, 5) is 32.4. The molecule has 7 nitrogen and oxygen atoms in total. The van der Waals surface area contributed by atoms with E-state index in [2.05, 4.69) is 29.0 Å². The third kappa shape index (κ3) is 5.23. The van der Waals surface area contributed by atoms with E-state index < -0.39 is 0 Å². The van der Waals surface area contributed by atoms with Crippen LogP contribution in [0.3, 0.4) is 0 Å². The van der Waals surface area contributed by atoms with Crippen LogP contribution in [0, 0.1) is 0 Å². The quantitative estimate of drug-likeness (QED) is 0.859. The lowest BCUT2D eigenvalue weighted by Gasteiger charge is -2.34. The lowest BCUT2D eigenvalue weighted by Crippen LogP contribution is -2.44. The molecule has 0 aromatic carbocycles. The number of likely N-dealkylation sites (tertiary alicyclic amines) is 1. The van der Waals surface area contributed by atoms with Crippen molar-refractivity contribution in [3.8, 4) is 0 Å². The molecule has 0 saturated carbocycles. The molecule has 3 heterocycles. The highest BCUT2D eigenvalue weighted by atomic mass is 32.1. The zero-order valence-corrected chi connectivity index (χ0v) is 15.7. The fraction of sp³-hybridized carbons (Fsp3) is 0.706. The molecule has 0 radical (unpaired) electrons. The van der Waals surface area contributed by atoms with E-state index in [1.54, 1.807) is 4.90 Å². The van der Waals surface area contributed by atoms with Crippen LogP contribution in [0.15, 0.2) is 5.38 Å². The Labute approximate surface area is 152 Å². The summed E-state index contributed by atoms with van der Waals surface area (Å²) in [6, 6.07) is 0. The van der Waals surface area contributed by atoms with Gasteiger partial charge < -0.3 is 15.0 Å². The van der Waals surface area contributed by atoms with Crippen molar-refractivity contribution in [3.05, 3.63) is 11.1 Å². The van der Waals surface area contributed by atoms with Crippen molar-refractivity contribution in [1.82, 2.24) is 14.8 Å². The van der Waals surface area contributed by atoms with Crippen LogP contribution < -0.4 is 5.32 Å². The molecule has 2 aliphatic heterocycles. The van der Waals surface area contributed by atoms with Crippen molar-refractivity contribution < 1.29 is 14.3 Å². The first-order valence-electron chi connectivity index (χ1n) is 8.89. The van der Waals surface area contributed by atoms with E-state index in [0.29, 0.717) is 18.1 Å². The average Bonchev–Trinajstić information content (AvgIpc) is 2.95. The Kier molecular flexibility index (Phi) is 6.03. The minimum Gasteiger partial charge on any atom is -0.373 e. The topological polar surface area (TPSA) is 74.8 Å². The smallest absolute Gasteiger partial charge is 0.245 e. The van der Waals surface area contributed by atoms with Crippen molar-refractivity contribution in [2.24, 2.45) is 0 Å². The molecule has 1 aromatic heterocycles. The number of hydrogen-bond donors (Lipinski definition) is 1. The number of carbonyl (C=O) groups is 2. The van der Waals surface area contributed by atoms with Crippen LogP contribution >= 0.6 is 11.3 Å². The highest BCUT2D eigenvalue weighted by Gasteiger charge is 2.23. The van der Waals surface area contributed by atoms with Crippen molar-refractivity contribution in [2.75, 3.05) is 31.5 Å². The molecule has 0 aliphatic carbocycles. The zero-order chi connectivity index (χ0) is 17.8. The molecule has 3 rings (SSSR count). The van der Waals surface area contributed by atoms with Gasteiger partial charge >= 0.3 is 0 Å². The Balaban J connectivity index is 1.49. The number of carbonyl (C=O) groups excluding carboxylic acids is 2. The van der Waals surface area contributed by atoms with Gasteiger partial charge in [0.05, 0.1) is 24.4 Å². The second-order valence-electron chi connectivity index (χ2n) is 6.92. The molecule has 8 heteroatoms.